The summed E-state index contributed by atoms with van der Waals surface area (Å²) in [6, 6.07) is 11.8. The first-order chi connectivity index (χ1) is 16.2. The minimum Gasteiger partial charge on any atom is -0.320 e. The van der Waals surface area contributed by atoms with Gasteiger partial charge in [0.1, 0.15) is 23.0 Å². The van der Waals surface area contributed by atoms with Gasteiger partial charge in [-0.2, -0.15) is 0 Å². The molecule has 1 fully saturated rings. The van der Waals surface area contributed by atoms with E-state index in [1.165, 1.54) is 34.1 Å². The minimum absolute atomic E-state index is 0.111. The van der Waals surface area contributed by atoms with E-state index in [-0.39, 0.29) is 18.3 Å². The Labute approximate surface area is 199 Å². The Morgan fingerprint density at radius 1 is 1.03 bits per heavy atom. The van der Waals surface area contributed by atoms with Crippen LogP contribution in [-0.4, -0.2) is 29.9 Å². The van der Waals surface area contributed by atoms with Gasteiger partial charge in [0.25, 0.3) is 5.91 Å². The third kappa shape index (κ3) is 4.87. The Balaban J connectivity index is 1.62. The highest BCUT2D eigenvalue weighted by molar-refractivity contribution is 6.31. The Morgan fingerprint density at radius 2 is 1.76 bits per heavy atom. The molecule has 0 aromatic heterocycles. The van der Waals surface area contributed by atoms with Gasteiger partial charge >= 0.3 is 6.03 Å². The van der Waals surface area contributed by atoms with E-state index in [0.717, 1.165) is 17.7 Å². The number of hydrogen-bond donors (Lipinski definition) is 1. The van der Waals surface area contributed by atoms with Crippen LogP contribution in [0.15, 0.2) is 54.6 Å². The van der Waals surface area contributed by atoms with Gasteiger partial charge in [-0.15, -0.1) is 0 Å². The molecule has 3 aromatic rings. The van der Waals surface area contributed by atoms with Crippen LogP contribution in [0.4, 0.5) is 29.3 Å². The fourth-order valence-electron chi connectivity index (χ4n) is 3.91. The van der Waals surface area contributed by atoms with Crippen LogP contribution in [0, 0.1) is 24.4 Å². The van der Waals surface area contributed by atoms with Crippen molar-refractivity contribution < 1.29 is 22.8 Å². The molecular formula is C25H21ClF3N3O2. The number of rotatable bonds is 5. The van der Waals surface area contributed by atoms with E-state index in [0.29, 0.717) is 35.8 Å². The first-order valence-corrected chi connectivity index (χ1v) is 11.0. The molecule has 1 heterocycles. The number of amides is 3. The largest absolute Gasteiger partial charge is 0.324 e. The van der Waals surface area contributed by atoms with Crippen molar-refractivity contribution in [3.63, 3.8) is 0 Å². The third-order valence-electron chi connectivity index (χ3n) is 5.56. The number of aryl methyl sites for hydroxylation is 1. The summed E-state index contributed by atoms with van der Waals surface area (Å²) >= 11 is 6.17. The van der Waals surface area contributed by atoms with Gasteiger partial charge in [-0.3, -0.25) is 9.69 Å². The molecule has 0 atom stereocenters. The van der Waals surface area contributed by atoms with Crippen molar-refractivity contribution in [3.05, 3.63) is 93.8 Å². The first kappa shape index (κ1) is 23.6. The summed E-state index contributed by atoms with van der Waals surface area (Å²) in [6.45, 7) is 2.71. The van der Waals surface area contributed by atoms with Crippen molar-refractivity contribution in [2.24, 2.45) is 0 Å². The molecule has 1 aliphatic rings. The molecule has 0 saturated carbocycles. The highest BCUT2D eigenvalue weighted by Crippen LogP contribution is 2.31. The minimum atomic E-state index is -0.987. The van der Waals surface area contributed by atoms with Crippen LogP contribution in [0.1, 0.15) is 27.9 Å². The smallest absolute Gasteiger partial charge is 0.320 e. The van der Waals surface area contributed by atoms with Gasteiger partial charge in [0, 0.05) is 24.7 Å². The lowest BCUT2D eigenvalue weighted by Crippen LogP contribution is -2.49. The van der Waals surface area contributed by atoms with Crippen molar-refractivity contribution in [1.82, 2.24) is 4.90 Å². The molecule has 1 N–H and O–H groups in total. The molecular weight excluding hydrogens is 467 g/mol. The van der Waals surface area contributed by atoms with Gasteiger partial charge in [-0.25, -0.2) is 18.0 Å². The van der Waals surface area contributed by atoms with Crippen LogP contribution >= 0.6 is 11.6 Å². The Bertz CT molecular complexity index is 1250. The summed E-state index contributed by atoms with van der Waals surface area (Å²) in [4.78, 5) is 29.0. The summed E-state index contributed by atoms with van der Waals surface area (Å²) in [5.74, 6) is -3.39. The number of anilines is 2. The van der Waals surface area contributed by atoms with Crippen LogP contribution in [0.3, 0.4) is 0 Å². The quantitative estimate of drug-likeness (QED) is 0.469. The van der Waals surface area contributed by atoms with Crippen LogP contribution in [0.5, 0.6) is 0 Å². The lowest BCUT2D eigenvalue weighted by atomic mass is 10.1. The molecule has 5 nitrogen and oxygen atoms in total. The zero-order valence-corrected chi connectivity index (χ0v) is 19.0. The number of halogens is 4. The van der Waals surface area contributed by atoms with Crippen molar-refractivity contribution in [1.29, 1.82) is 0 Å². The number of hydrogen-bond acceptors (Lipinski definition) is 2. The summed E-state index contributed by atoms with van der Waals surface area (Å²) in [6.07, 6.45) is 0.613. The number of carbonyl (C=O) groups is 2. The number of benzene rings is 3. The topological polar surface area (TPSA) is 52.6 Å². The lowest BCUT2D eigenvalue weighted by Gasteiger charge is -2.36. The molecule has 1 aliphatic heterocycles. The Morgan fingerprint density at radius 3 is 2.50 bits per heavy atom. The van der Waals surface area contributed by atoms with E-state index < -0.39 is 28.9 Å². The fraction of sp³-hybridized carbons (Fsp3) is 0.200. The van der Waals surface area contributed by atoms with E-state index in [1.54, 1.807) is 25.1 Å². The third-order valence-corrected chi connectivity index (χ3v) is 5.93. The normalized spacial score (nSPS) is 13.9. The molecule has 3 aromatic carbocycles. The van der Waals surface area contributed by atoms with Gasteiger partial charge in [0.05, 0.1) is 11.4 Å². The van der Waals surface area contributed by atoms with Gasteiger partial charge < -0.3 is 10.2 Å². The highest BCUT2D eigenvalue weighted by atomic mass is 35.5. The maximum absolute atomic E-state index is 14.1. The van der Waals surface area contributed by atoms with Crippen LogP contribution in [0.2, 0.25) is 5.02 Å². The summed E-state index contributed by atoms with van der Waals surface area (Å²) in [5.41, 5.74) is 1.18. The lowest BCUT2D eigenvalue weighted by molar-refractivity contribution is 0.101. The molecule has 0 bridgehead atoms. The second kappa shape index (κ2) is 9.77. The molecule has 176 valence electrons. The van der Waals surface area contributed by atoms with Crippen molar-refractivity contribution in [2.75, 3.05) is 23.3 Å². The molecule has 34 heavy (non-hydrogen) atoms. The average Bonchev–Trinajstić information content (AvgIpc) is 2.78. The standard InChI is InChI=1S/C25H21ClF3N3O2/c1-15-6-9-22(21(12-15)30-24(33)23-19(28)4-2-5-20(23)29)32-11-3-10-31(25(32)34)14-16-13-17(27)7-8-18(16)26/h2,4-9,12-13H,3,10-11,14H2,1H3,(H,30,33). The average molecular weight is 488 g/mol. The number of nitrogens with one attached hydrogen (secondary N) is 1. The van der Waals surface area contributed by atoms with Gasteiger partial charge in [0.2, 0.25) is 0 Å². The maximum Gasteiger partial charge on any atom is 0.324 e. The zero-order chi connectivity index (χ0) is 24.4. The molecule has 0 radical (unpaired) electrons. The predicted octanol–water partition coefficient (Wildman–Crippen LogP) is 6.15. The molecule has 9 heteroatoms. The van der Waals surface area contributed by atoms with E-state index in [4.69, 9.17) is 11.6 Å². The zero-order valence-electron chi connectivity index (χ0n) is 18.2. The fourth-order valence-corrected chi connectivity index (χ4v) is 4.08. The van der Waals surface area contributed by atoms with Crippen LogP contribution in [0.25, 0.3) is 0 Å². The molecule has 0 unspecified atom stereocenters. The summed E-state index contributed by atoms with van der Waals surface area (Å²) in [7, 11) is 0. The Hall–Kier alpha value is -3.52. The predicted molar refractivity (Wildman–Crippen MR) is 125 cm³/mol. The monoisotopic (exact) mass is 487 g/mol. The molecule has 0 aliphatic carbocycles. The second-order valence-corrected chi connectivity index (χ2v) is 8.42. The van der Waals surface area contributed by atoms with Crippen molar-refractivity contribution >= 4 is 34.9 Å². The first-order valence-electron chi connectivity index (χ1n) is 10.6. The summed E-state index contributed by atoms with van der Waals surface area (Å²) in [5, 5.41) is 2.89. The Kier molecular flexibility index (Phi) is 6.79. The van der Waals surface area contributed by atoms with E-state index in [9.17, 15) is 22.8 Å². The van der Waals surface area contributed by atoms with Gasteiger partial charge in [0.15, 0.2) is 0 Å². The number of nitrogens with zero attached hydrogens (tertiary/aromatic N) is 2. The maximum atomic E-state index is 14.1. The van der Waals surface area contributed by atoms with E-state index >= 15 is 0 Å². The second-order valence-electron chi connectivity index (χ2n) is 8.02. The van der Waals surface area contributed by atoms with E-state index in [2.05, 4.69) is 5.32 Å². The SMILES string of the molecule is Cc1ccc(N2CCCN(Cc3cc(F)ccc3Cl)C2=O)c(NC(=O)c2c(F)cccc2F)c1. The van der Waals surface area contributed by atoms with Crippen LogP contribution in [-0.2, 0) is 6.54 Å². The van der Waals surface area contributed by atoms with E-state index in [1.807, 2.05) is 0 Å². The van der Waals surface area contributed by atoms with Crippen LogP contribution < -0.4 is 10.2 Å². The van der Waals surface area contributed by atoms with Crippen molar-refractivity contribution in [3.8, 4) is 0 Å². The number of carbonyl (C=O) groups excluding carboxylic acids is 2. The van der Waals surface area contributed by atoms with Gasteiger partial charge in [-0.05, 0) is 66.9 Å². The van der Waals surface area contributed by atoms with Crippen molar-refractivity contribution in [2.45, 2.75) is 19.9 Å². The molecule has 1 saturated heterocycles. The molecule has 3 amide bonds. The molecule has 4 rings (SSSR count). The molecule has 0 spiro atoms. The van der Waals surface area contributed by atoms with Gasteiger partial charge in [-0.1, -0.05) is 23.7 Å². The highest BCUT2D eigenvalue weighted by Gasteiger charge is 2.29. The summed E-state index contributed by atoms with van der Waals surface area (Å²) < 4.78 is 41.9. The number of urea groups is 1.